The van der Waals surface area contributed by atoms with Crippen LogP contribution in [0.25, 0.3) is 11.0 Å². The zero-order valence-electron chi connectivity index (χ0n) is 16.7. The standard InChI is InChI=1S/C23H25NO4S/c1-16-3-6-18(7-4-16)13-24(20-9-10-29(26,27)15-20)23(25)12-19-14-28-22-8-5-17(2)11-21(19)22/h3-8,11,14,20H,9-10,12-13,15H2,1-2H3/t20-/m0/s1. The van der Waals surface area contributed by atoms with E-state index < -0.39 is 9.84 Å². The Labute approximate surface area is 171 Å². The van der Waals surface area contributed by atoms with Crippen LogP contribution in [0.5, 0.6) is 0 Å². The Bertz CT molecular complexity index is 1150. The predicted octanol–water partition coefficient (Wildman–Crippen LogP) is 3.81. The molecule has 0 N–H and O–H groups in total. The van der Waals surface area contributed by atoms with Crippen LogP contribution in [0.3, 0.4) is 0 Å². The van der Waals surface area contributed by atoms with Crippen LogP contribution in [0.15, 0.2) is 53.1 Å². The van der Waals surface area contributed by atoms with E-state index in [2.05, 4.69) is 0 Å². The van der Waals surface area contributed by atoms with E-state index in [-0.39, 0.29) is 29.9 Å². The third-order valence-electron chi connectivity index (χ3n) is 5.59. The van der Waals surface area contributed by atoms with Crippen LogP contribution < -0.4 is 0 Å². The lowest BCUT2D eigenvalue weighted by molar-refractivity contribution is -0.133. The SMILES string of the molecule is Cc1ccc(CN(C(=O)Cc2coc3ccc(C)cc23)[C@H]2CCS(=O)(=O)C2)cc1. The molecule has 1 amide bonds. The molecule has 3 aromatic rings. The van der Waals surface area contributed by atoms with Gasteiger partial charge in [0.2, 0.25) is 5.91 Å². The molecule has 6 heteroatoms. The summed E-state index contributed by atoms with van der Waals surface area (Å²) in [6, 6.07) is 13.6. The molecule has 1 atom stereocenters. The van der Waals surface area contributed by atoms with E-state index in [9.17, 15) is 13.2 Å². The molecular weight excluding hydrogens is 386 g/mol. The quantitative estimate of drug-likeness (QED) is 0.640. The number of benzene rings is 2. The van der Waals surface area contributed by atoms with E-state index in [1.807, 2.05) is 56.3 Å². The highest BCUT2D eigenvalue weighted by atomic mass is 32.2. The van der Waals surface area contributed by atoms with Crippen LogP contribution in [0.4, 0.5) is 0 Å². The third-order valence-corrected chi connectivity index (χ3v) is 7.34. The van der Waals surface area contributed by atoms with Crippen LogP contribution in [0.1, 0.15) is 28.7 Å². The third kappa shape index (κ3) is 4.37. The van der Waals surface area contributed by atoms with Gasteiger partial charge in [-0.2, -0.15) is 0 Å². The molecule has 1 aromatic heterocycles. The van der Waals surface area contributed by atoms with Crippen molar-refractivity contribution < 1.29 is 17.6 Å². The highest BCUT2D eigenvalue weighted by Crippen LogP contribution is 2.26. The maximum Gasteiger partial charge on any atom is 0.227 e. The van der Waals surface area contributed by atoms with Crippen molar-refractivity contribution in [2.75, 3.05) is 11.5 Å². The van der Waals surface area contributed by atoms with E-state index in [0.717, 1.165) is 33.2 Å². The molecule has 0 radical (unpaired) electrons. The Morgan fingerprint density at radius 1 is 1.10 bits per heavy atom. The van der Waals surface area contributed by atoms with Gasteiger partial charge in [0, 0.05) is 23.5 Å². The van der Waals surface area contributed by atoms with Crippen molar-refractivity contribution in [1.82, 2.24) is 4.90 Å². The summed E-state index contributed by atoms with van der Waals surface area (Å²) in [7, 11) is -3.09. The first-order valence-corrected chi connectivity index (χ1v) is 11.6. The van der Waals surface area contributed by atoms with Crippen molar-refractivity contribution in [3.8, 4) is 0 Å². The minimum absolute atomic E-state index is 0.0375. The molecule has 4 rings (SSSR count). The fraction of sp³-hybridized carbons (Fsp3) is 0.348. The molecule has 1 fully saturated rings. The van der Waals surface area contributed by atoms with Crippen molar-refractivity contribution in [1.29, 1.82) is 0 Å². The van der Waals surface area contributed by atoms with Gasteiger partial charge in [-0.1, -0.05) is 41.5 Å². The Balaban J connectivity index is 1.61. The number of nitrogens with zero attached hydrogens (tertiary/aromatic N) is 1. The topological polar surface area (TPSA) is 67.6 Å². The zero-order chi connectivity index (χ0) is 20.6. The summed E-state index contributed by atoms with van der Waals surface area (Å²) >= 11 is 0. The number of furan rings is 1. The monoisotopic (exact) mass is 411 g/mol. The van der Waals surface area contributed by atoms with Crippen molar-refractivity contribution in [3.63, 3.8) is 0 Å². The van der Waals surface area contributed by atoms with Crippen LogP contribution in [-0.2, 0) is 27.6 Å². The first-order chi connectivity index (χ1) is 13.8. The van der Waals surface area contributed by atoms with E-state index in [1.165, 1.54) is 0 Å². The Morgan fingerprint density at radius 2 is 1.83 bits per heavy atom. The van der Waals surface area contributed by atoms with E-state index in [4.69, 9.17) is 4.42 Å². The molecule has 1 saturated heterocycles. The highest BCUT2D eigenvalue weighted by Gasteiger charge is 2.34. The second kappa shape index (κ2) is 7.67. The summed E-state index contributed by atoms with van der Waals surface area (Å²) < 4.78 is 29.7. The molecule has 1 aliphatic heterocycles. The highest BCUT2D eigenvalue weighted by molar-refractivity contribution is 7.91. The van der Waals surface area contributed by atoms with Crippen LogP contribution in [0.2, 0.25) is 0 Å². The number of fused-ring (bicyclic) bond motifs is 1. The summed E-state index contributed by atoms with van der Waals surface area (Å²) in [5.74, 6) is 0.107. The smallest absolute Gasteiger partial charge is 0.227 e. The molecular formula is C23H25NO4S. The first kappa shape index (κ1) is 19.7. The van der Waals surface area contributed by atoms with E-state index >= 15 is 0 Å². The van der Waals surface area contributed by atoms with Gasteiger partial charge in [0.05, 0.1) is 24.2 Å². The largest absolute Gasteiger partial charge is 0.464 e. The Hall–Kier alpha value is -2.60. The lowest BCUT2D eigenvalue weighted by atomic mass is 10.1. The first-order valence-electron chi connectivity index (χ1n) is 9.83. The van der Waals surface area contributed by atoms with Gasteiger partial charge in [-0.3, -0.25) is 4.79 Å². The molecule has 0 bridgehead atoms. The van der Waals surface area contributed by atoms with E-state index in [0.29, 0.717) is 13.0 Å². The summed E-state index contributed by atoms with van der Waals surface area (Å²) in [6.45, 7) is 4.43. The van der Waals surface area contributed by atoms with Gasteiger partial charge in [-0.25, -0.2) is 8.42 Å². The number of hydrogen-bond donors (Lipinski definition) is 0. The summed E-state index contributed by atoms with van der Waals surface area (Å²) in [5.41, 5.74) is 4.85. The van der Waals surface area contributed by atoms with Gasteiger partial charge in [0.25, 0.3) is 0 Å². The average molecular weight is 412 g/mol. The molecule has 0 saturated carbocycles. The van der Waals surface area contributed by atoms with E-state index in [1.54, 1.807) is 11.2 Å². The van der Waals surface area contributed by atoms with Crippen molar-refractivity contribution in [3.05, 3.63) is 71.0 Å². The van der Waals surface area contributed by atoms with Gasteiger partial charge in [0.1, 0.15) is 5.58 Å². The lowest BCUT2D eigenvalue weighted by Crippen LogP contribution is -2.41. The van der Waals surface area contributed by atoms with Crippen LogP contribution in [-0.4, -0.2) is 36.8 Å². The van der Waals surface area contributed by atoms with Gasteiger partial charge in [-0.15, -0.1) is 0 Å². The molecule has 2 aromatic carbocycles. The number of carbonyl (C=O) groups is 1. The Kier molecular flexibility index (Phi) is 5.21. The molecule has 5 nitrogen and oxygen atoms in total. The molecule has 1 aliphatic rings. The number of amides is 1. The number of sulfone groups is 1. The minimum Gasteiger partial charge on any atom is -0.464 e. The summed E-state index contributed by atoms with van der Waals surface area (Å²) in [6.07, 6.45) is 2.32. The fourth-order valence-corrected chi connectivity index (χ4v) is 5.66. The van der Waals surface area contributed by atoms with Gasteiger partial charge >= 0.3 is 0 Å². The van der Waals surface area contributed by atoms with Crippen LogP contribution in [0, 0.1) is 13.8 Å². The van der Waals surface area contributed by atoms with Crippen molar-refractivity contribution >= 4 is 26.7 Å². The normalized spacial score (nSPS) is 18.2. The maximum absolute atomic E-state index is 13.3. The number of carbonyl (C=O) groups excluding carboxylic acids is 1. The zero-order valence-corrected chi connectivity index (χ0v) is 17.5. The molecule has 152 valence electrons. The molecule has 0 aliphatic carbocycles. The second-order valence-corrected chi connectivity index (χ2v) is 10.2. The summed E-state index contributed by atoms with van der Waals surface area (Å²) in [5, 5.41) is 0.938. The fourth-order valence-electron chi connectivity index (χ4n) is 3.93. The minimum atomic E-state index is -3.09. The van der Waals surface area contributed by atoms with Gasteiger partial charge in [-0.05, 0) is 38.0 Å². The number of aryl methyl sites for hydroxylation is 2. The van der Waals surface area contributed by atoms with Gasteiger partial charge < -0.3 is 9.32 Å². The molecule has 2 heterocycles. The number of rotatable bonds is 5. The second-order valence-electron chi connectivity index (χ2n) is 8.00. The average Bonchev–Trinajstić information content (AvgIpc) is 3.23. The predicted molar refractivity (Wildman–Crippen MR) is 113 cm³/mol. The molecule has 29 heavy (non-hydrogen) atoms. The maximum atomic E-state index is 13.3. The lowest BCUT2D eigenvalue weighted by Gasteiger charge is -2.28. The Morgan fingerprint density at radius 3 is 2.52 bits per heavy atom. The van der Waals surface area contributed by atoms with Gasteiger partial charge in [0.15, 0.2) is 9.84 Å². The molecule has 0 spiro atoms. The number of hydrogen-bond acceptors (Lipinski definition) is 4. The van der Waals surface area contributed by atoms with Crippen molar-refractivity contribution in [2.24, 2.45) is 0 Å². The van der Waals surface area contributed by atoms with Crippen LogP contribution >= 0.6 is 0 Å². The molecule has 0 unspecified atom stereocenters. The summed E-state index contributed by atoms with van der Waals surface area (Å²) in [4.78, 5) is 15.0. The van der Waals surface area contributed by atoms with Crippen molar-refractivity contribution in [2.45, 2.75) is 39.3 Å².